The molecule has 8 aromatic rings. The van der Waals surface area contributed by atoms with Gasteiger partial charge in [0.1, 0.15) is 5.65 Å². The molecule has 0 saturated heterocycles. The number of para-hydroxylation sites is 2. The van der Waals surface area contributed by atoms with E-state index in [1.165, 1.54) is 38.2 Å². The number of fused-ring (bicyclic) bond motifs is 5. The Hall–Kier alpha value is -4.27. The summed E-state index contributed by atoms with van der Waals surface area (Å²) >= 11 is 0. The number of pyridine rings is 3. The summed E-state index contributed by atoms with van der Waals surface area (Å²) in [5.41, 5.74) is 7.53. The summed E-state index contributed by atoms with van der Waals surface area (Å²) in [6.07, 6.45) is 2.84. The Bertz CT molecular complexity index is 2410. The molecule has 0 amide bonds. The summed E-state index contributed by atoms with van der Waals surface area (Å²) in [7, 11) is 0. The van der Waals surface area contributed by atoms with Gasteiger partial charge in [0.05, 0.1) is 0 Å². The predicted octanol–water partition coefficient (Wildman–Crippen LogP) is 10.7. The quantitative estimate of drug-likeness (QED) is 0.101. The number of hydrogen-bond donors (Lipinski definition) is 0. The van der Waals surface area contributed by atoms with Gasteiger partial charge in [0.2, 0.25) is 5.88 Å². The van der Waals surface area contributed by atoms with E-state index in [2.05, 4.69) is 124 Å². The first-order valence-electron chi connectivity index (χ1n) is 15.6. The van der Waals surface area contributed by atoms with E-state index >= 15 is 0 Å². The van der Waals surface area contributed by atoms with Crippen molar-refractivity contribution in [3.8, 4) is 22.9 Å². The van der Waals surface area contributed by atoms with Crippen LogP contribution >= 0.6 is 0 Å². The zero-order chi connectivity index (χ0) is 31.1. The normalized spacial score (nSPS) is 12.5. The van der Waals surface area contributed by atoms with Gasteiger partial charge >= 0.3 is 21.1 Å². The third kappa shape index (κ3) is 5.13. The van der Waals surface area contributed by atoms with Crippen LogP contribution in [0.4, 0.5) is 0 Å². The number of benzene rings is 4. The molecule has 0 unspecified atom stereocenters. The fourth-order valence-electron chi connectivity index (χ4n) is 6.74. The number of hydrogen-bond acceptors (Lipinski definition) is 3. The molecule has 46 heavy (non-hydrogen) atoms. The van der Waals surface area contributed by atoms with Gasteiger partial charge in [-0.1, -0.05) is 89.5 Å². The maximum Gasteiger partial charge on any atom is 2.00 e. The van der Waals surface area contributed by atoms with E-state index in [1.807, 2.05) is 30.5 Å². The van der Waals surface area contributed by atoms with E-state index in [4.69, 9.17) is 9.72 Å². The monoisotopic (exact) mass is 780 g/mol. The van der Waals surface area contributed by atoms with E-state index in [-0.39, 0.29) is 31.9 Å². The summed E-state index contributed by atoms with van der Waals surface area (Å²) in [5, 5.41) is 7.08. The molecule has 0 spiro atoms. The first-order valence-corrected chi connectivity index (χ1v) is 15.6. The minimum Gasteiger partial charge on any atom is -0.459 e. The SMILES string of the molecule is CC(C)(C)Cc1cc2cc(Oc3[c-]c(-c4cc(C(C)(C)C)ccn4)ccc3)nc3c2c(c1)c1cccc2c4ccc[c-]c4n3c12.[Pt+2]. The Kier molecular flexibility index (Phi) is 7.21. The van der Waals surface area contributed by atoms with Gasteiger partial charge in [-0.2, -0.15) is 29.2 Å². The van der Waals surface area contributed by atoms with Gasteiger partial charge in [-0.15, -0.1) is 29.1 Å². The van der Waals surface area contributed by atoms with Gasteiger partial charge in [0.25, 0.3) is 0 Å². The second kappa shape index (κ2) is 10.9. The third-order valence-electron chi connectivity index (χ3n) is 8.68. The molecule has 0 aliphatic heterocycles. The van der Waals surface area contributed by atoms with Crippen molar-refractivity contribution in [2.75, 3.05) is 0 Å². The van der Waals surface area contributed by atoms with Crippen LogP contribution in [0.3, 0.4) is 0 Å². The van der Waals surface area contributed by atoms with Gasteiger partial charge in [-0.25, -0.2) is 0 Å². The summed E-state index contributed by atoms with van der Waals surface area (Å²) in [6, 6.07) is 36.7. The third-order valence-corrected chi connectivity index (χ3v) is 8.68. The molecule has 4 nitrogen and oxygen atoms in total. The molecule has 0 radical (unpaired) electrons. The van der Waals surface area contributed by atoms with Gasteiger partial charge in [0.15, 0.2) is 0 Å². The molecule has 4 aromatic heterocycles. The maximum absolute atomic E-state index is 6.55. The molecule has 230 valence electrons. The Morgan fingerprint density at radius 3 is 2.35 bits per heavy atom. The van der Waals surface area contributed by atoms with Gasteiger partial charge in [-0.05, 0) is 56.3 Å². The first-order chi connectivity index (χ1) is 21.5. The molecule has 0 fully saturated rings. The van der Waals surface area contributed by atoms with Crippen molar-refractivity contribution in [3.05, 3.63) is 114 Å². The smallest absolute Gasteiger partial charge is 0.459 e. The van der Waals surface area contributed by atoms with Gasteiger partial charge < -0.3 is 14.1 Å². The number of nitrogens with zero attached hydrogens (tertiary/aromatic N) is 3. The second-order valence-electron chi connectivity index (χ2n) is 14.4. The molecule has 0 aliphatic carbocycles. The average Bonchev–Trinajstić information content (AvgIpc) is 3.34. The summed E-state index contributed by atoms with van der Waals surface area (Å²) in [5.74, 6) is 1.14. The van der Waals surface area contributed by atoms with Crippen molar-refractivity contribution in [2.24, 2.45) is 5.41 Å². The zero-order valence-corrected chi connectivity index (χ0v) is 29.2. The first kappa shape index (κ1) is 30.4. The molecular weight excluding hydrogens is 746 g/mol. The van der Waals surface area contributed by atoms with Gasteiger partial charge in [-0.3, -0.25) is 0 Å². The Morgan fingerprint density at radius 2 is 1.57 bits per heavy atom. The van der Waals surface area contributed by atoms with Crippen LogP contribution in [0, 0.1) is 17.5 Å². The van der Waals surface area contributed by atoms with E-state index in [0.717, 1.165) is 39.6 Å². The summed E-state index contributed by atoms with van der Waals surface area (Å²) in [4.78, 5) is 9.86. The van der Waals surface area contributed by atoms with E-state index in [9.17, 15) is 0 Å². The maximum atomic E-state index is 6.55. The molecule has 0 bridgehead atoms. The van der Waals surface area contributed by atoms with Crippen LogP contribution in [0.1, 0.15) is 52.7 Å². The number of rotatable bonds is 4. The zero-order valence-electron chi connectivity index (χ0n) is 26.9. The Balaban J connectivity index is 0.00000338. The van der Waals surface area contributed by atoms with Crippen molar-refractivity contribution >= 4 is 49.0 Å². The fraction of sp³-hybridized carbons (Fsp3) is 0.220. The largest absolute Gasteiger partial charge is 2.00 e. The van der Waals surface area contributed by atoms with Crippen molar-refractivity contribution in [1.29, 1.82) is 0 Å². The topological polar surface area (TPSA) is 39.4 Å². The summed E-state index contributed by atoms with van der Waals surface area (Å²) in [6.45, 7) is 13.5. The average molecular weight is 781 g/mol. The van der Waals surface area contributed by atoms with Crippen LogP contribution in [-0.2, 0) is 32.9 Å². The minimum absolute atomic E-state index is 0. The molecule has 4 heterocycles. The standard InChI is InChI=1S/C41H35N3O.Pt/c1-40(2,3)24-25-19-27-22-36(45-29-12-9-11-26(21-29)34-23-28(17-18-42-34)41(4,5)6)43-39-37(27)33(20-25)32-15-10-14-31-30-13-7-8-16-35(30)44(39)38(31)32;/h7-15,17-20,22-23H,24H2,1-6H3;/q-2;+2. The molecule has 0 aliphatic rings. The van der Waals surface area contributed by atoms with Crippen molar-refractivity contribution in [1.82, 2.24) is 14.4 Å². The molecule has 8 rings (SSSR count). The molecule has 0 N–H and O–H groups in total. The van der Waals surface area contributed by atoms with E-state index < -0.39 is 0 Å². The summed E-state index contributed by atoms with van der Waals surface area (Å²) < 4.78 is 8.82. The molecular formula is C41H35N3OPt. The van der Waals surface area contributed by atoms with Crippen molar-refractivity contribution in [3.63, 3.8) is 0 Å². The molecule has 4 aromatic carbocycles. The van der Waals surface area contributed by atoms with Crippen molar-refractivity contribution in [2.45, 2.75) is 53.4 Å². The molecule has 0 saturated carbocycles. The van der Waals surface area contributed by atoms with Crippen LogP contribution in [0.2, 0.25) is 0 Å². The van der Waals surface area contributed by atoms with Crippen molar-refractivity contribution < 1.29 is 25.8 Å². The van der Waals surface area contributed by atoms with Gasteiger partial charge in [0, 0.05) is 34.3 Å². The number of aromatic nitrogens is 3. The van der Waals surface area contributed by atoms with Crippen LogP contribution in [-0.4, -0.2) is 14.4 Å². The second-order valence-corrected chi connectivity index (χ2v) is 14.4. The fourth-order valence-corrected chi connectivity index (χ4v) is 6.74. The van der Waals surface area contributed by atoms with E-state index in [1.54, 1.807) is 0 Å². The minimum atomic E-state index is 0. The van der Waals surface area contributed by atoms with E-state index in [0.29, 0.717) is 11.6 Å². The van der Waals surface area contributed by atoms with Crippen LogP contribution in [0.5, 0.6) is 11.6 Å². The van der Waals surface area contributed by atoms with Crippen LogP contribution in [0.25, 0.3) is 60.3 Å². The van der Waals surface area contributed by atoms with Crippen LogP contribution < -0.4 is 4.74 Å². The predicted molar refractivity (Wildman–Crippen MR) is 186 cm³/mol. The molecule has 0 atom stereocenters. The molecule has 5 heteroatoms. The Labute approximate surface area is 284 Å². The number of ether oxygens (including phenoxy) is 1. The van der Waals surface area contributed by atoms with Crippen LogP contribution in [0.15, 0.2) is 91.1 Å². The Morgan fingerprint density at radius 1 is 0.804 bits per heavy atom.